The Balaban J connectivity index is 1.52. The van der Waals surface area contributed by atoms with Crippen LogP contribution in [0.25, 0.3) is 0 Å². The van der Waals surface area contributed by atoms with Gasteiger partial charge in [0, 0.05) is 37.7 Å². The fourth-order valence-corrected chi connectivity index (χ4v) is 2.75. The molecule has 7 nitrogen and oxygen atoms in total. The lowest BCUT2D eigenvalue weighted by Gasteiger charge is -2.26. The summed E-state index contributed by atoms with van der Waals surface area (Å²) >= 11 is 5.90. The first-order valence-electron chi connectivity index (χ1n) is 8.35. The third-order valence-electron chi connectivity index (χ3n) is 4.08. The standard InChI is InChI=1S/C17H23ClN6O/c18-14-3-1-13(2-4-14)11-21-17-15(19)16(22-12-23-17)20-5-6-24-7-9-25-10-8-24/h1-4,12H,5-11,19H2,(H2,20,21,22,23). The minimum Gasteiger partial charge on any atom is -0.393 e. The van der Waals surface area contributed by atoms with E-state index < -0.39 is 0 Å². The molecule has 0 aliphatic carbocycles. The van der Waals surface area contributed by atoms with Crippen molar-refractivity contribution < 1.29 is 4.74 Å². The molecule has 134 valence electrons. The number of benzene rings is 1. The molecule has 1 aromatic heterocycles. The summed E-state index contributed by atoms with van der Waals surface area (Å²) in [6, 6.07) is 7.66. The first-order valence-corrected chi connectivity index (χ1v) is 8.73. The Morgan fingerprint density at radius 3 is 2.48 bits per heavy atom. The Kier molecular flexibility index (Phi) is 6.27. The number of aromatic nitrogens is 2. The number of halogens is 1. The van der Waals surface area contributed by atoms with Crippen molar-refractivity contribution in [2.45, 2.75) is 6.54 Å². The topological polar surface area (TPSA) is 88.3 Å². The van der Waals surface area contributed by atoms with E-state index in [0.717, 1.165) is 50.0 Å². The smallest absolute Gasteiger partial charge is 0.155 e. The molecule has 2 aromatic rings. The second-order valence-electron chi connectivity index (χ2n) is 5.85. The molecule has 0 spiro atoms. The molecular formula is C17H23ClN6O. The van der Waals surface area contributed by atoms with Gasteiger partial charge in [-0.25, -0.2) is 9.97 Å². The van der Waals surface area contributed by atoms with Crippen LogP contribution < -0.4 is 16.4 Å². The number of hydrogen-bond acceptors (Lipinski definition) is 7. The van der Waals surface area contributed by atoms with Crippen molar-refractivity contribution in [1.82, 2.24) is 14.9 Å². The summed E-state index contributed by atoms with van der Waals surface area (Å²) in [5.74, 6) is 1.28. The van der Waals surface area contributed by atoms with Gasteiger partial charge in [-0.3, -0.25) is 4.90 Å². The van der Waals surface area contributed by atoms with Gasteiger partial charge in [0.15, 0.2) is 11.6 Å². The number of rotatable bonds is 7. The van der Waals surface area contributed by atoms with E-state index in [0.29, 0.717) is 23.9 Å². The Hall–Kier alpha value is -2.09. The number of ether oxygens (including phenoxy) is 1. The number of hydrogen-bond donors (Lipinski definition) is 3. The minimum absolute atomic E-state index is 0.526. The van der Waals surface area contributed by atoms with E-state index in [2.05, 4.69) is 25.5 Å². The van der Waals surface area contributed by atoms with Crippen LogP contribution in [0.1, 0.15) is 5.56 Å². The molecular weight excluding hydrogens is 340 g/mol. The second kappa shape index (κ2) is 8.84. The van der Waals surface area contributed by atoms with Crippen LogP contribution in [0, 0.1) is 0 Å². The van der Waals surface area contributed by atoms with Gasteiger partial charge in [0.1, 0.15) is 12.0 Å². The SMILES string of the molecule is Nc1c(NCCN2CCOCC2)ncnc1NCc1ccc(Cl)cc1. The Labute approximate surface area is 152 Å². The monoisotopic (exact) mass is 362 g/mol. The summed E-state index contributed by atoms with van der Waals surface area (Å²) < 4.78 is 5.35. The molecule has 1 aromatic carbocycles. The molecule has 3 rings (SSSR count). The predicted molar refractivity (Wildman–Crippen MR) is 101 cm³/mol. The van der Waals surface area contributed by atoms with Crippen LogP contribution in [-0.2, 0) is 11.3 Å². The fraction of sp³-hybridized carbons (Fsp3) is 0.412. The maximum absolute atomic E-state index is 6.19. The normalized spacial score (nSPS) is 15.1. The molecule has 1 aliphatic heterocycles. The molecule has 4 N–H and O–H groups in total. The highest BCUT2D eigenvalue weighted by molar-refractivity contribution is 6.30. The maximum atomic E-state index is 6.19. The average molecular weight is 363 g/mol. The van der Waals surface area contributed by atoms with Crippen LogP contribution in [0.4, 0.5) is 17.3 Å². The van der Waals surface area contributed by atoms with Crippen LogP contribution >= 0.6 is 11.6 Å². The van der Waals surface area contributed by atoms with E-state index in [4.69, 9.17) is 22.1 Å². The van der Waals surface area contributed by atoms with Gasteiger partial charge in [-0.15, -0.1) is 0 Å². The summed E-state index contributed by atoms with van der Waals surface area (Å²) in [6.45, 7) is 5.86. The third-order valence-corrected chi connectivity index (χ3v) is 4.33. The number of nitrogens with one attached hydrogen (secondary N) is 2. The summed E-state index contributed by atoms with van der Waals surface area (Å²) in [4.78, 5) is 10.8. The Morgan fingerprint density at radius 1 is 1.08 bits per heavy atom. The van der Waals surface area contributed by atoms with Crippen LogP contribution in [0.5, 0.6) is 0 Å². The Morgan fingerprint density at radius 2 is 1.76 bits per heavy atom. The zero-order valence-electron chi connectivity index (χ0n) is 14.0. The van der Waals surface area contributed by atoms with E-state index in [1.54, 1.807) is 0 Å². The molecule has 25 heavy (non-hydrogen) atoms. The van der Waals surface area contributed by atoms with Gasteiger partial charge >= 0.3 is 0 Å². The molecule has 8 heteroatoms. The molecule has 1 saturated heterocycles. The number of nitrogens with two attached hydrogens (primary N) is 1. The number of nitrogens with zero attached hydrogens (tertiary/aromatic N) is 3. The molecule has 1 fully saturated rings. The number of anilines is 3. The van der Waals surface area contributed by atoms with Crippen molar-refractivity contribution in [3.8, 4) is 0 Å². The molecule has 0 atom stereocenters. The number of morpholine rings is 1. The second-order valence-corrected chi connectivity index (χ2v) is 6.28. The first-order chi connectivity index (χ1) is 12.2. The van der Waals surface area contributed by atoms with E-state index in [9.17, 15) is 0 Å². The van der Waals surface area contributed by atoms with Gasteiger partial charge in [-0.1, -0.05) is 23.7 Å². The maximum Gasteiger partial charge on any atom is 0.155 e. The largest absolute Gasteiger partial charge is 0.393 e. The predicted octanol–water partition coefficient (Wildman–Crippen LogP) is 2.07. The van der Waals surface area contributed by atoms with Crippen molar-refractivity contribution in [3.63, 3.8) is 0 Å². The van der Waals surface area contributed by atoms with Crippen LogP contribution in [0.2, 0.25) is 5.02 Å². The van der Waals surface area contributed by atoms with Crippen LogP contribution in [0.15, 0.2) is 30.6 Å². The van der Waals surface area contributed by atoms with Gasteiger partial charge in [0.25, 0.3) is 0 Å². The van der Waals surface area contributed by atoms with Crippen molar-refractivity contribution in [3.05, 3.63) is 41.2 Å². The minimum atomic E-state index is 0.526. The zero-order chi connectivity index (χ0) is 17.5. The van der Waals surface area contributed by atoms with Crippen LogP contribution in [0.3, 0.4) is 0 Å². The van der Waals surface area contributed by atoms with Crippen molar-refractivity contribution in [2.24, 2.45) is 0 Å². The number of nitrogen functional groups attached to an aromatic ring is 1. The van der Waals surface area contributed by atoms with Gasteiger partial charge in [0.05, 0.1) is 13.2 Å². The van der Waals surface area contributed by atoms with Crippen molar-refractivity contribution >= 4 is 28.9 Å². The molecule has 0 saturated carbocycles. The van der Waals surface area contributed by atoms with Gasteiger partial charge in [-0.05, 0) is 17.7 Å². The summed E-state index contributed by atoms with van der Waals surface area (Å²) in [5, 5.41) is 7.25. The average Bonchev–Trinajstić information content (AvgIpc) is 2.64. The van der Waals surface area contributed by atoms with Crippen LogP contribution in [-0.4, -0.2) is 54.3 Å². The zero-order valence-corrected chi connectivity index (χ0v) is 14.8. The van der Waals surface area contributed by atoms with E-state index in [1.165, 1.54) is 6.33 Å². The summed E-state index contributed by atoms with van der Waals surface area (Å²) in [5.41, 5.74) is 7.81. The fourth-order valence-electron chi connectivity index (χ4n) is 2.62. The molecule has 0 radical (unpaired) electrons. The highest BCUT2D eigenvalue weighted by atomic mass is 35.5. The van der Waals surface area contributed by atoms with E-state index >= 15 is 0 Å². The Bertz CT molecular complexity index is 675. The first kappa shape index (κ1) is 17.7. The van der Waals surface area contributed by atoms with Gasteiger partial charge in [0.2, 0.25) is 0 Å². The quantitative estimate of drug-likeness (QED) is 0.694. The molecule has 1 aliphatic rings. The van der Waals surface area contributed by atoms with E-state index in [-0.39, 0.29) is 0 Å². The molecule has 0 bridgehead atoms. The summed E-state index contributed by atoms with van der Waals surface area (Å²) in [7, 11) is 0. The highest BCUT2D eigenvalue weighted by Gasteiger charge is 2.11. The lowest BCUT2D eigenvalue weighted by molar-refractivity contribution is 0.0398. The van der Waals surface area contributed by atoms with Gasteiger partial charge in [-0.2, -0.15) is 0 Å². The molecule has 0 unspecified atom stereocenters. The molecule has 2 heterocycles. The summed E-state index contributed by atoms with van der Waals surface area (Å²) in [6.07, 6.45) is 1.51. The van der Waals surface area contributed by atoms with E-state index in [1.807, 2.05) is 24.3 Å². The molecule has 0 amide bonds. The van der Waals surface area contributed by atoms with Crippen molar-refractivity contribution in [2.75, 3.05) is 55.8 Å². The van der Waals surface area contributed by atoms with Gasteiger partial charge < -0.3 is 21.1 Å². The highest BCUT2D eigenvalue weighted by Crippen LogP contribution is 2.23. The third kappa shape index (κ3) is 5.19. The lowest BCUT2D eigenvalue weighted by Crippen LogP contribution is -2.39. The van der Waals surface area contributed by atoms with Crippen molar-refractivity contribution in [1.29, 1.82) is 0 Å². The lowest BCUT2D eigenvalue weighted by atomic mass is 10.2.